The molecule has 11 heavy (non-hydrogen) atoms. The largest absolute Gasteiger partial charge is 0.481 e. The van der Waals surface area contributed by atoms with Gasteiger partial charge in [0.1, 0.15) is 0 Å². The Kier molecular flexibility index (Phi) is 3.20. The Balaban J connectivity index is 2.22. The van der Waals surface area contributed by atoms with Crippen LogP contribution < -0.4 is 5.32 Å². The predicted octanol–water partition coefficient (Wildman–Crippen LogP) is 0.555. The predicted molar refractivity (Wildman–Crippen MR) is 46.0 cm³/mol. The van der Waals surface area contributed by atoms with Crippen LogP contribution in [0.3, 0.4) is 0 Å². The lowest BCUT2D eigenvalue weighted by atomic mass is 10.2. The Morgan fingerprint density at radius 1 is 1.82 bits per heavy atom. The van der Waals surface area contributed by atoms with Gasteiger partial charge in [-0.2, -0.15) is 11.8 Å². The molecule has 1 fully saturated rings. The first-order valence-corrected chi connectivity index (χ1v) is 4.80. The van der Waals surface area contributed by atoms with Crippen LogP contribution in [-0.4, -0.2) is 34.7 Å². The van der Waals surface area contributed by atoms with E-state index in [9.17, 15) is 4.79 Å². The van der Waals surface area contributed by atoms with Gasteiger partial charge in [0.15, 0.2) is 0 Å². The summed E-state index contributed by atoms with van der Waals surface area (Å²) in [5.74, 6) is 0.330. The molecule has 1 heterocycles. The summed E-state index contributed by atoms with van der Waals surface area (Å²) in [6.45, 7) is 2.95. The molecule has 0 saturated carbocycles. The lowest BCUT2D eigenvalue weighted by Gasteiger charge is -2.25. The molecule has 0 aromatic rings. The van der Waals surface area contributed by atoms with E-state index in [1.807, 2.05) is 0 Å². The number of carbonyl (C=O) groups is 1. The van der Waals surface area contributed by atoms with Crippen molar-refractivity contribution in [1.82, 2.24) is 5.32 Å². The highest BCUT2D eigenvalue weighted by Crippen LogP contribution is 2.19. The van der Waals surface area contributed by atoms with Gasteiger partial charge in [0.2, 0.25) is 0 Å². The smallest absolute Gasteiger partial charge is 0.304 e. The van der Waals surface area contributed by atoms with Crippen LogP contribution in [0.2, 0.25) is 0 Å². The second-order valence-corrected chi connectivity index (χ2v) is 4.20. The summed E-state index contributed by atoms with van der Waals surface area (Å²) >= 11 is 1.76. The van der Waals surface area contributed by atoms with Crippen molar-refractivity contribution in [2.45, 2.75) is 24.6 Å². The Labute approximate surface area is 70.6 Å². The molecule has 1 saturated heterocycles. The third kappa shape index (κ3) is 3.12. The van der Waals surface area contributed by atoms with Crippen molar-refractivity contribution in [2.24, 2.45) is 0 Å². The van der Waals surface area contributed by atoms with Crippen molar-refractivity contribution in [3.63, 3.8) is 0 Å². The number of hydrogen-bond acceptors (Lipinski definition) is 3. The van der Waals surface area contributed by atoms with Gasteiger partial charge in [0.25, 0.3) is 0 Å². The number of nitrogens with one attached hydrogen (secondary N) is 1. The summed E-state index contributed by atoms with van der Waals surface area (Å²) < 4.78 is 0. The number of thioether (sulfide) groups is 1. The van der Waals surface area contributed by atoms with E-state index in [0.717, 1.165) is 12.3 Å². The summed E-state index contributed by atoms with van der Waals surface area (Å²) in [7, 11) is 0. The van der Waals surface area contributed by atoms with E-state index in [1.54, 1.807) is 11.8 Å². The van der Waals surface area contributed by atoms with Gasteiger partial charge in [-0.3, -0.25) is 4.79 Å². The number of carboxylic acids is 1. The van der Waals surface area contributed by atoms with Crippen LogP contribution in [0.4, 0.5) is 0 Å². The van der Waals surface area contributed by atoms with E-state index in [4.69, 9.17) is 5.11 Å². The summed E-state index contributed by atoms with van der Waals surface area (Å²) in [5, 5.41) is 12.0. The van der Waals surface area contributed by atoms with E-state index < -0.39 is 5.97 Å². The fourth-order valence-corrected chi connectivity index (χ4v) is 2.21. The SMILES string of the molecule is C[C@@H]1CS[C@@H](CC(=O)O)CN1. The van der Waals surface area contributed by atoms with Gasteiger partial charge in [0, 0.05) is 23.6 Å². The minimum Gasteiger partial charge on any atom is -0.481 e. The quantitative estimate of drug-likeness (QED) is 0.643. The molecule has 2 N–H and O–H groups in total. The first-order chi connectivity index (χ1) is 5.18. The van der Waals surface area contributed by atoms with E-state index in [0.29, 0.717) is 6.04 Å². The molecule has 0 aliphatic carbocycles. The molecular formula is C7H13NO2S. The molecule has 0 amide bonds. The third-order valence-corrected chi connectivity index (χ3v) is 3.18. The molecule has 3 nitrogen and oxygen atoms in total. The van der Waals surface area contributed by atoms with E-state index >= 15 is 0 Å². The number of rotatable bonds is 2. The molecule has 2 atom stereocenters. The monoisotopic (exact) mass is 175 g/mol. The molecule has 64 valence electrons. The maximum absolute atomic E-state index is 10.3. The fraction of sp³-hybridized carbons (Fsp3) is 0.857. The summed E-state index contributed by atoms with van der Waals surface area (Å²) in [6.07, 6.45) is 0.282. The summed E-state index contributed by atoms with van der Waals surface area (Å²) in [6, 6.07) is 0.532. The Hall–Kier alpha value is -0.220. The topological polar surface area (TPSA) is 49.3 Å². The standard InChI is InChI=1S/C7H13NO2S/c1-5-4-11-6(3-8-5)2-7(9)10/h5-6,8H,2-4H2,1H3,(H,9,10)/t5-,6+/m1/s1. The molecule has 0 unspecified atom stereocenters. The highest BCUT2D eigenvalue weighted by molar-refractivity contribution is 8.00. The van der Waals surface area contributed by atoms with Crippen molar-refractivity contribution in [2.75, 3.05) is 12.3 Å². The summed E-state index contributed by atoms with van der Waals surface area (Å²) in [5.41, 5.74) is 0. The van der Waals surface area contributed by atoms with Gasteiger partial charge in [0.05, 0.1) is 6.42 Å². The molecule has 0 bridgehead atoms. The fourth-order valence-electron chi connectivity index (χ4n) is 1.06. The van der Waals surface area contributed by atoms with E-state index in [1.165, 1.54) is 0 Å². The van der Waals surface area contributed by atoms with Crippen molar-refractivity contribution in [1.29, 1.82) is 0 Å². The van der Waals surface area contributed by atoms with E-state index in [-0.39, 0.29) is 11.7 Å². The van der Waals surface area contributed by atoms with Crippen LogP contribution in [0.15, 0.2) is 0 Å². The number of hydrogen-bond donors (Lipinski definition) is 2. The van der Waals surface area contributed by atoms with Gasteiger partial charge < -0.3 is 10.4 Å². The second-order valence-electron chi connectivity index (χ2n) is 2.86. The van der Waals surface area contributed by atoms with Gasteiger partial charge in [-0.05, 0) is 6.92 Å². The van der Waals surface area contributed by atoms with Gasteiger partial charge in [-0.25, -0.2) is 0 Å². The maximum atomic E-state index is 10.3. The number of aliphatic carboxylic acids is 1. The molecule has 0 aromatic heterocycles. The molecule has 1 aliphatic rings. The zero-order valence-corrected chi connectivity index (χ0v) is 7.36. The van der Waals surface area contributed by atoms with Crippen LogP contribution in [0, 0.1) is 0 Å². The Morgan fingerprint density at radius 3 is 3.00 bits per heavy atom. The average Bonchev–Trinajstić information content (AvgIpc) is 1.93. The van der Waals surface area contributed by atoms with Gasteiger partial charge in [-0.1, -0.05) is 0 Å². The summed E-state index contributed by atoms with van der Waals surface area (Å²) in [4.78, 5) is 10.3. The molecular weight excluding hydrogens is 162 g/mol. The van der Waals surface area contributed by atoms with Gasteiger partial charge >= 0.3 is 5.97 Å². The first-order valence-electron chi connectivity index (χ1n) is 3.75. The van der Waals surface area contributed by atoms with Crippen molar-refractivity contribution >= 4 is 17.7 Å². The van der Waals surface area contributed by atoms with Crippen LogP contribution in [0.25, 0.3) is 0 Å². The van der Waals surface area contributed by atoms with Crippen LogP contribution in [-0.2, 0) is 4.79 Å². The zero-order chi connectivity index (χ0) is 8.27. The van der Waals surface area contributed by atoms with Crippen LogP contribution in [0.1, 0.15) is 13.3 Å². The maximum Gasteiger partial charge on any atom is 0.304 e. The Bertz CT molecular complexity index is 143. The van der Waals surface area contributed by atoms with Crippen LogP contribution >= 0.6 is 11.8 Å². The van der Waals surface area contributed by atoms with Gasteiger partial charge in [-0.15, -0.1) is 0 Å². The van der Waals surface area contributed by atoms with Crippen LogP contribution in [0.5, 0.6) is 0 Å². The second kappa shape index (κ2) is 3.97. The molecule has 1 rings (SSSR count). The third-order valence-electron chi connectivity index (χ3n) is 1.68. The van der Waals surface area contributed by atoms with E-state index in [2.05, 4.69) is 12.2 Å². The van der Waals surface area contributed by atoms with Crippen molar-refractivity contribution in [3.05, 3.63) is 0 Å². The first kappa shape index (κ1) is 8.87. The highest BCUT2D eigenvalue weighted by Gasteiger charge is 2.19. The lowest BCUT2D eigenvalue weighted by Crippen LogP contribution is -2.40. The molecule has 0 aromatic carbocycles. The molecule has 0 spiro atoms. The minimum atomic E-state index is -0.696. The molecule has 0 radical (unpaired) electrons. The average molecular weight is 175 g/mol. The highest BCUT2D eigenvalue weighted by atomic mass is 32.2. The molecule has 4 heteroatoms. The lowest BCUT2D eigenvalue weighted by molar-refractivity contribution is -0.136. The zero-order valence-electron chi connectivity index (χ0n) is 6.54. The number of carboxylic acid groups (broad SMARTS) is 1. The van der Waals surface area contributed by atoms with Crippen molar-refractivity contribution in [3.8, 4) is 0 Å². The van der Waals surface area contributed by atoms with Crippen molar-refractivity contribution < 1.29 is 9.90 Å². The molecule has 1 aliphatic heterocycles. The minimum absolute atomic E-state index is 0.267. The normalized spacial score (nSPS) is 31.7. The Morgan fingerprint density at radius 2 is 2.55 bits per heavy atom.